The van der Waals surface area contributed by atoms with Crippen molar-refractivity contribution in [2.75, 3.05) is 40.9 Å². The Kier molecular flexibility index (Phi) is 43.6. The highest BCUT2D eigenvalue weighted by Gasteiger charge is 2.27. The van der Waals surface area contributed by atoms with Crippen LogP contribution in [0.4, 0.5) is 0 Å². The molecular weight excluding hydrogens is 804 g/mol. The monoisotopic (exact) mass is 904 g/mol. The number of phosphoric acid groups is 1. The molecule has 8 nitrogen and oxygen atoms in total. The number of allylic oxidation sites excluding steroid dienone is 11. The van der Waals surface area contributed by atoms with Crippen LogP contribution >= 0.6 is 7.82 Å². The minimum absolute atomic E-state index is 0.0546. The summed E-state index contributed by atoms with van der Waals surface area (Å²) in [5.41, 5.74) is 0. The van der Waals surface area contributed by atoms with Crippen molar-refractivity contribution in [1.29, 1.82) is 0 Å². The number of likely N-dealkylation sites (N-methyl/N-ethyl adjacent to an activating group) is 1. The Labute approximate surface area is 389 Å². The zero-order chi connectivity index (χ0) is 46.4. The van der Waals surface area contributed by atoms with Crippen LogP contribution in [-0.2, 0) is 18.4 Å². The molecule has 0 fully saturated rings. The first-order valence-corrected chi connectivity index (χ1v) is 27.3. The Bertz CT molecular complexity index is 1250. The molecular formula is C54H100N2O6P+. The SMILES string of the molecule is CC/C=C\C/C=C\C/C=C\C/C=C\CCCCCCCCCCCCCCCCCCCCCCC(=O)NC(COP(=O)(O)OCC[N+](C)(C)C)C(O)/C=C/CC/C=C/CCCC. The summed E-state index contributed by atoms with van der Waals surface area (Å²) in [6.07, 6.45) is 61.8. The van der Waals surface area contributed by atoms with Crippen molar-refractivity contribution in [1.82, 2.24) is 5.32 Å². The molecule has 0 spiro atoms. The van der Waals surface area contributed by atoms with Crippen molar-refractivity contribution in [3.05, 3.63) is 72.9 Å². The molecule has 0 saturated carbocycles. The first-order valence-electron chi connectivity index (χ1n) is 25.8. The van der Waals surface area contributed by atoms with Gasteiger partial charge in [-0.2, -0.15) is 0 Å². The zero-order valence-electron chi connectivity index (χ0n) is 41.5. The van der Waals surface area contributed by atoms with Crippen molar-refractivity contribution in [2.24, 2.45) is 0 Å². The number of hydrogen-bond donors (Lipinski definition) is 3. The summed E-state index contributed by atoms with van der Waals surface area (Å²) in [5, 5.41) is 13.7. The molecule has 366 valence electrons. The molecule has 3 atom stereocenters. The van der Waals surface area contributed by atoms with Crippen LogP contribution in [0.1, 0.15) is 213 Å². The van der Waals surface area contributed by atoms with Gasteiger partial charge < -0.3 is 19.8 Å². The second-order valence-electron chi connectivity index (χ2n) is 18.5. The standard InChI is InChI=1S/C54H99N2O6P/c1-6-8-10-12-14-16-17-18-19-20-21-22-23-24-25-26-27-28-29-30-31-32-33-34-35-36-37-38-39-40-42-44-46-48-54(58)55-52(51-62-63(59,60)61-50-49-56(3,4)5)53(57)47-45-43-41-15-13-11-9-7-2/h8,10,13-16,18-19,21-22,45,47,52-53,57H,6-7,9,11-12,17,20,23-44,46,48-51H2,1-5H3,(H-,55,58,59,60)/p+1/b10-8-,15-13+,16-14-,19-18-,22-21-,47-45+. The van der Waals surface area contributed by atoms with Crippen LogP contribution in [0.5, 0.6) is 0 Å². The molecule has 0 bridgehead atoms. The van der Waals surface area contributed by atoms with E-state index < -0.39 is 20.0 Å². The number of carbonyl (C=O) groups is 1. The molecule has 0 aliphatic rings. The minimum Gasteiger partial charge on any atom is -0.387 e. The summed E-state index contributed by atoms with van der Waals surface area (Å²) in [6, 6.07) is -0.861. The number of unbranched alkanes of at least 4 members (excludes halogenated alkanes) is 23. The summed E-state index contributed by atoms with van der Waals surface area (Å²) in [6.45, 7) is 4.60. The van der Waals surface area contributed by atoms with E-state index >= 15 is 0 Å². The Balaban J connectivity index is 3.93. The summed E-state index contributed by atoms with van der Waals surface area (Å²) >= 11 is 0. The molecule has 0 aliphatic heterocycles. The third-order valence-corrected chi connectivity index (χ3v) is 12.1. The summed E-state index contributed by atoms with van der Waals surface area (Å²) in [4.78, 5) is 23.1. The molecule has 0 rings (SSSR count). The lowest BCUT2D eigenvalue weighted by Crippen LogP contribution is -2.45. The van der Waals surface area contributed by atoms with Gasteiger partial charge >= 0.3 is 7.82 Å². The number of aliphatic hydroxyl groups is 1. The molecule has 0 aromatic rings. The minimum atomic E-state index is -4.34. The highest BCUT2D eigenvalue weighted by molar-refractivity contribution is 7.47. The number of amides is 1. The van der Waals surface area contributed by atoms with Crippen LogP contribution in [0.3, 0.4) is 0 Å². The van der Waals surface area contributed by atoms with E-state index in [1.165, 1.54) is 128 Å². The quantitative estimate of drug-likeness (QED) is 0.0243. The fraction of sp³-hybridized carbons (Fsp3) is 0.759. The normalized spacial score (nSPS) is 14.7. The number of nitrogens with one attached hydrogen (secondary N) is 1. The predicted octanol–water partition coefficient (Wildman–Crippen LogP) is 15.1. The Morgan fingerprint density at radius 3 is 1.46 bits per heavy atom. The van der Waals surface area contributed by atoms with E-state index in [9.17, 15) is 19.4 Å². The fourth-order valence-corrected chi connectivity index (χ4v) is 7.83. The van der Waals surface area contributed by atoms with Crippen LogP contribution in [0.2, 0.25) is 0 Å². The molecule has 1 amide bonds. The second-order valence-corrected chi connectivity index (χ2v) is 20.0. The number of hydrogen-bond acceptors (Lipinski definition) is 5. The molecule has 3 unspecified atom stereocenters. The van der Waals surface area contributed by atoms with Crippen molar-refractivity contribution in [3.63, 3.8) is 0 Å². The Hall–Kier alpha value is -2.06. The lowest BCUT2D eigenvalue weighted by molar-refractivity contribution is -0.870. The second kappa shape index (κ2) is 45.1. The van der Waals surface area contributed by atoms with Gasteiger partial charge in [0.2, 0.25) is 5.91 Å². The van der Waals surface area contributed by atoms with Crippen molar-refractivity contribution in [2.45, 2.75) is 225 Å². The average molecular weight is 904 g/mol. The van der Waals surface area contributed by atoms with Gasteiger partial charge in [0.1, 0.15) is 13.2 Å². The Morgan fingerprint density at radius 2 is 0.968 bits per heavy atom. The van der Waals surface area contributed by atoms with Gasteiger partial charge in [0.05, 0.1) is 39.9 Å². The third kappa shape index (κ3) is 47.7. The summed E-state index contributed by atoms with van der Waals surface area (Å²) in [7, 11) is 1.55. The van der Waals surface area contributed by atoms with Crippen LogP contribution in [0.15, 0.2) is 72.9 Å². The van der Waals surface area contributed by atoms with Crippen molar-refractivity contribution < 1.29 is 32.9 Å². The lowest BCUT2D eigenvalue weighted by atomic mass is 10.0. The average Bonchev–Trinajstić information content (AvgIpc) is 3.24. The van der Waals surface area contributed by atoms with E-state index in [1.54, 1.807) is 6.08 Å². The first kappa shape index (κ1) is 60.9. The number of quaternary nitrogens is 1. The van der Waals surface area contributed by atoms with E-state index in [2.05, 4.69) is 79.9 Å². The van der Waals surface area contributed by atoms with Crippen LogP contribution < -0.4 is 5.32 Å². The van der Waals surface area contributed by atoms with Gasteiger partial charge in [0.15, 0.2) is 0 Å². The smallest absolute Gasteiger partial charge is 0.387 e. The number of aliphatic hydroxyl groups excluding tert-OH is 1. The van der Waals surface area contributed by atoms with E-state index in [-0.39, 0.29) is 19.1 Å². The third-order valence-electron chi connectivity index (χ3n) is 11.2. The highest BCUT2D eigenvalue weighted by atomic mass is 31.2. The maximum Gasteiger partial charge on any atom is 0.472 e. The van der Waals surface area contributed by atoms with Crippen LogP contribution in [0.25, 0.3) is 0 Å². The molecule has 9 heteroatoms. The van der Waals surface area contributed by atoms with Gasteiger partial charge in [-0.25, -0.2) is 4.57 Å². The fourth-order valence-electron chi connectivity index (χ4n) is 7.09. The van der Waals surface area contributed by atoms with Crippen molar-refractivity contribution >= 4 is 13.7 Å². The molecule has 3 N–H and O–H groups in total. The largest absolute Gasteiger partial charge is 0.472 e. The van der Waals surface area contributed by atoms with Gasteiger partial charge in [0, 0.05) is 6.42 Å². The van der Waals surface area contributed by atoms with Crippen LogP contribution in [0, 0.1) is 0 Å². The van der Waals surface area contributed by atoms with Gasteiger partial charge in [-0.05, 0) is 64.2 Å². The van der Waals surface area contributed by atoms with Gasteiger partial charge in [-0.15, -0.1) is 0 Å². The first-order chi connectivity index (χ1) is 30.5. The van der Waals surface area contributed by atoms with E-state index in [4.69, 9.17) is 9.05 Å². The molecule has 0 saturated heterocycles. The van der Waals surface area contributed by atoms with Gasteiger partial charge in [-0.1, -0.05) is 215 Å². The molecule has 0 aromatic heterocycles. The zero-order valence-corrected chi connectivity index (χ0v) is 42.4. The number of rotatable bonds is 46. The van der Waals surface area contributed by atoms with E-state index in [1.807, 2.05) is 27.2 Å². The Morgan fingerprint density at radius 1 is 0.556 bits per heavy atom. The van der Waals surface area contributed by atoms with E-state index in [0.29, 0.717) is 17.4 Å². The predicted molar refractivity (Wildman–Crippen MR) is 272 cm³/mol. The van der Waals surface area contributed by atoms with E-state index in [0.717, 1.165) is 64.2 Å². The maximum absolute atomic E-state index is 12.9. The van der Waals surface area contributed by atoms with Crippen LogP contribution in [-0.4, -0.2) is 73.4 Å². The summed E-state index contributed by atoms with van der Waals surface area (Å²) in [5.74, 6) is -0.191. The molecule has 0 heterocycles. The number of nitrogens with zero attached hydrogens (tertiary/aromatic N) is 1. The molecule has 63 heavy (non-hydrogen) atoms. The number of carbonyl (C=O) groups excluding carboxylic acids is 1. The van der Waals surface area contributed by atoms with Gasteiger partial charge in [-0.3, -0.25) is 13.8 Å². The highest BCUT2D eigenvalue weighted by Crippen LogP contribution is 2.43. The molecule has 0 radical (unpaired) electrons. The van der Waals surface area contributed by atoms with Crippen molar-refractivity contribution in [3.8, 4) is 0 Å². The van der Waals surface area contributed by atoms with Gasteiger partial charge in [0.25, 0.3) is 0 Å². The maximum atomic E-state index is 12.9. The summed E-state index contributed by atoms with van der Waals surface area (Å²) < 4.78 is 23.5. The number of phosphoric ester groups is 1. The topological polar surface area (TPSA) is 105 Å². The molecule has 0 aliphatic carbocycles. The molecule has 0 aromatic carbocycles. The lowest BCUT2D eigenvalue weighted by Gasteiger charge is -2.25.